The fraction of sp³-hybridized carbons (Fsp3) is 0.929. The number of ketones is 1. The summed E-state index contributed by atoms with van der Waals surface area (Å²) in [5, 5.41) is 10.3. The third-order valence-corrected chi connectivity index (χ3v) is 4.18. The minimum Gasteiger partial charge on any atom is -0.382 e. The van der Waals surface area contributed by atoms with Crippen LogP contribution in [0.1, 0.15) is 59.8 Å². The summed E-state index contributed by atoms with van der Waals surface area (Å²) >= 11 is 0. The van der Waals surface area contributed by atoms with Crippen molar-refractivity contribution in [2.45, 2.75) is 65.4 Å². The number of hydrogen-bond acceptors (Lipinski definition) is 2. The van der Waals surface area contributed by atoms with Crippen LogP contribution in [0.3, 0.4) is 0 Å². The molecule has 0 bridgehead atoms. The zero-order chi connectivity index (χ0) is 12.3. The van der Waals surface area contributed by atoms with Gasteiger partial charge >= 0.3 is 0 Å². The molecule has 0 saturated heterocycles. The lowest BCUT2D eigenvalue weighted by Gasteiger charge is -2.35. The molecule has 0 radical (unpaired) electrons. The van der Waals surface area contributed by atoms with E-state index in [1.807, 2.05) is 13.8 Å². The van der Waals surface area contributed by atoms with Gasteiger partial charge in [-0.1, -0.05) is 27.7 Å². The first kappa shape index (κ1) is 13.7. The van der Waals surface area contributed by atoms with E-state index in [-0.39, 0.29) is 11.7 Å². The first-order chi connectivity index (χ1) is 7.42. The van der Waals surface area contributed by atoms with Crippen molar-refractivity contribution in [1.29, 1.82) is 0 Å². The van der Waals surface area contributed by atoms with Crippen molar-refractivity contribution in [1.82, 2.24) is 0 Å². The van der Waals surface area contributed by atoms with E-state index >= 15 is 0 Å². The summed E-state index contributed by atoms with van der Waals surface area (Å²) in [5.74, 6) is 1.42. The molecule has 0 aromatic heterocycles. The molecule has 16 heavy (non-hydrogen) atoms. The Hall–Kier alpha value is -0.370. The molecule has 1 aliphatic rings. The van der Waals surface area contributed by atoms with Crippen LogP contribution in [0.5, 0.6) is 0 Å². The molecular weight excluding hydrogens is 200 g/mol. The lowest BCUT2D eigenvalue weighted by atomic mass is 9.71. The molecule has 94 valence electrons. The van der Waals surface area contributed by atoms with Gasteiger partial charge in [0.05, 0.1) is 0 Å². The van der Waals surface area contributed by atoms with Crippen molar-refractivity contribution >= 4 is 5.78 Å². The Morgan fingerprint density at radius 2 is 1.56 bits per heavy atom. The van der Waals surface area contributed by atoms with Gasteiger partial charge < -0.3 is 5.11 Å². The minimum atomic E-state index is -1.07. The number of hydrogen-bond donors (Lipinski definition) is 1. The first-order valence-corrected chi connectivity index (χ1v) is 6.69. The van der Waals surface area contributed by atoms with E-state index in [0.29, 0.717) is 24.7 Å². The normalized spacial score (nSPS) is 31.4. The van der Waals surface area contributed by atoms with E-state index < -0.39 is 5.60 Å². The van der Waals surface area contributed by atoms with Gasteiger partial charge in [0.25, 0.3) is 0 Å². The van der Waals surface area contributed by atoms with Crippen LogP contribution >= 0.6 is 0 Å². The molecule has 0 heterocycles. The molecule has 1 aliphatic carbocycles. The van der Waals surface area contributed by atoms with E-state index in [0.717, 1.165) is 12.8 Å². The van der Waals surface area contributed by atoms with Crippen molar-refractivity contribution < 1.29 is 9.90 Å². The Morgan fingerprint density at radius 1 is 1.12 bits per heavy atom. The van der Waals surface area contributed by atoms with Crippen molar-refractivity contribution in [2.75, 3.05) is 0 Å². The molecular formula is C14H26O2. The second-order valence-electron chi connectivity index (χ2n) is 5.72. The van der Waals surface area contributed by atoms with Crippen LogP contribution in [0.4, 0.5) is 0 Å². The lowest BCUT2D eigenvalue weighted by Crippen LogP contribution is -2.43. The van der Waals surface area contributed by atoms with Gasteiger partial charge in [0.1, 0.15) is 5.60 Å². The van der Waals surface area contributed by atoms with E-state index in [1.54, 1.807) is 0 Å². The fourth-order valence-corrected chi connectivity index (χ4v) is 3.14. The van der Waals surface area contributed by atoms with Gasteiger partial charge in [-0.2, -0.15) is 0 Å². The molecule has 0 aromatic rings. The fourth-order valence-electron chi connectivity index (χ4n) is 3.14. The SMILES string of the molecule is CCC(O)(CC)C(=O)C1CC(C)CC(C)C1. The number of aliphatic hydroxyl groups is 1. The Bertz CT molecular complexity index is 233. The molecule has 2 nitrogen and oxygen atoms in total. The van der Waals surface area contributed by atoms with Crippen molar-refractivity contribution in [3.8, 4) is 0 Å². The summed E-state index contributed by atoms with van der Waals surface area (Å²) in [6.07, 6.45) is 4.24. The van der Waals surface area contributed by atoms with E-state index in [1.165, 1.54) is 6.42 Å². The van der Waals surface area contributed by atoms with Crippen LogP contribution < -0.4 is 0 Å². The molecule has 1 fully saturated rings. The Labute approximate surface area is 99.4 Å². The Balaban J connectivity index is 2.73. The molecule has 1 N–H and O–H groups in total. The van der Waals surface area contributed by atoms with Crippen LogP contribution in [-0.2, 0) is 4.79 Å². The molecule has 0 amide bonds. The Kier molecular flexibility index (Phi) is 4.54. The highest BCUT2D eigenvalue weighted by molar-refractivity contribution is 5.89. The standard InChI is InChI=1S/C14H26O2/c1-5-14(16,6-2)13(15)12-8-10(3)7-11(4)9-12/h10-12,16H,5-9H2,1-4H3. The summed E-state index contributed by atoms with van der Waals surface area (Å²) in [6.45, 7) is 8.23. The van der Waals surface area contributed by atoms with E-state index in [2.05, 4.69) is 13.8 Å². The largest absolute Gasteiger partial charge is 0.382 e. The topological polar surface area (TPSA) is 37.3 Å². The summed E-state index contributed by atoms with van der Waals surface area (Å²) in [4.78, 5) is 12.3. The van der Waals surface area contributed by atoms with Crippen LogP contribution in [0.2, 0.25) is 0 Å². The van der Waals surface area contributed by atoms with Crippen LogP contribution in [0, 0.1) is 17.8 Å². The maximum Gasteiger partial charge on any atom is 0.167 e. The van der Waals surface area contributed by atoms with Crippen molar-refractivity contribution in [2.24, 2.45) is 17.8 Å². The number of carbonyl (C=O) groups is 1. The summed E-state index contributed by atoms with van der Waals surface area (Å²) in [5.41, 5.74) is -1.07. The average molecular weight is 226 g/mol. The molecule has 0 aliphatic heterocycles. The van der Waals surface area contributed by atoms with Crippen LogP contribution in [-0.4, -0.2) is 16.5 Å². The quantitative estimate of drug-likeness (QED) is 0.799. The highest BCUT2D eigenvalue weighted by Gasteiger charge is 2.39. The van der Waals surface area contributed by atoms with Gasteiger partial charge in [-0.15, -0.1) is 0 Å². The highest BCUT2D eigenvalue weighted by Crippen LogP contribution is 2.36. The summed E-state index contributed by atoms with van der Waals surface area (Å²) < 4.78 is 0. The predicted octanol–water partition coefficient (Wildman–Crippen LogP) is 3.18. The number of carbonyl (C=O) groups excluding carboxylic acids is 1. The summed E-state index contributed by atoms with van der Waals surface area (Å²) in [6, 6.07) is 0. The average Bonchev–Trinajstić information content (AvgIpc) is 2.25. The molecule has 1 rings (SSSR count). The van der Waals surface area contributed by atoms with Gasteiger partial charge in [-0.05, 0) is 43.9 Å². The molecule has 0 spiro atoms. The zero-order valence-corrected chi connectivity index (χ0v) is 11.1. The number of rotatable bonds is 4. The van der Waals surface area contributed by atoms with Crippen molar-refractivity contribution in [3.63, 3.8) is 0 Å². The third-order valence-electron chi connectivity index (χ3n) is 4.18. The molecule has 2 unspecified atom stereocenters. The number of Topliss-reactive ketones (excluding diaryl/α,β-unsaturated/α-hetero) is 1. The molecule has 0 aromatic carbocycles. The van der Waals surface area contributed by atoms with Gasteiger partial charge in [0, 0.05) is 5.92 Å². The molecule has 2 atom stereocenters. The minimum absolute atomic E-state index is 0.0867. The maximum atomic E-state index is 12.3. The first-order valence-electron chi connectivity index (χ1n) is 6.69. The van der Waals surface area contributed by atoms with Gasteiger partial charge in [0.2, 0.25) is 0 Å². The van der Waals surface area contributed by atoms with Crippen LogP contribution in [0.15, 0.2) is 0 Å². The smallest absolute Gasteiger partial charge is 0.167 e. The molecule has 2 heteroatoms. The molecule has 1 saturated carbocycles. The van der Waals surface area contributed by atoms with Gasteiger partial charge in [-0.3, -0.25) is 4.79 Å². The Morgan fingerprint density at radius 3 is 1.94 bits per heavy atom. The zero-order valence-electron chi connectivity index (χ0n) is 11.1. The van der Waals surface area contributed by atoms with Gasteiger partial charge in [0.15, 0.2) is 5.78 Å². The van der Waals surface area contributed by atoms with Crippen LogP contribution in [0.25, 0.3) is 0 Å². The van der Waals surface area contributed by atoms with Crippen molar-refractivity contribution in [3.05, 3.63) is 0 Å². The van der Waals surface area contributed by atoms with Gasteiger partial charge in [-0.25, -0.2) is 0 Å². The highest BCUT2D eigenvalue weighted by atomic mass is 16.3. The monoisotopic (exact) mass is 226 g/mol. The maximum absolute atomic E-state index is 12.3. The van der Waals surface area contributed by atoms with E-state index in [4.69, 9.17) is 0 Å². The second kappa shape index (κ2) is 5.31. The second-order valence-corrected chi connectivity index (χ2v) is 5.72. The van der Waals surface area contributed by atoms with E-state index in [9.17, 15) is 9.90 Å². The lowest BCUT2D eigenvalue weighted by molar-refractivity contribution is -0.144. The third kappa shape index (κ3) is 2.85. The summed E-state index contributed by atoms with van der Waals surface area (Å²) in [7, 11) is 0. The predicted molar refractivity (Wildman–Crippen MR) is 66.2 cm³/mol.